The summed E-state index contributed by atoms with van der Waals surface area (Å²) < 4.78 is 13.9. The van der Waals surface area contributed by atoms with E-state index < -0.39 is 0 Å². The van der Waals surface area contributed by atoms with Crippen molar-refractivity contribution in [3.8, 4) is 0 Å². The van der Waals surface area contributed by atoms with Gasteiger partial charge in [-0.25, -0.2) is 4.39 Å². The van der Waals surface area contributed by atoms with E-state index >= 15 is 0 Å². The van der Waals surface area contributed by atoms with Gasteiger partial charge in [-0.2, -0.15) is 0 Å². The Bertz CT molecular complexity index is 273. The number of benzene rings is 1. The van der Waals surface area contributed by atoms with Crippen LogP contribution in [0.1, 0.15) is 24.3 Å². The minimum Gasteiger partial charge on any atom is -0.320 e. The Morgan fingerprint density at radius 1 is 1.27 bits per heavy atom. The smallest absolute Gasteiger partial charge is 0.123 e. The van der Waals surface area contributed by atoms with Crippen LogP contribution >= 0.6 is 22.6 Å². The molecular formula is C12H17FIN. The Labute approximate surface area is 105 Å². The van der Waals surface area contributed by atoms with Crippen molar-refractivity contribution in [3.05, 3.63) is 35.6 Å². The molecule has 1 nitrogen and oxygen atoms in total. The van der Waals surface area contributed by atoms with Crippen molar-refractivity contribution >= 4 is 22.6 Å². The van der Waals surface area contributed by atoms with Crippen LogP contribution in [0.15, 0.2) is 24.3 Å². The zero-order valence-corrected chi connectivity index (χ0v) is 11.1. The predicted octanol–water partition coefficient (Wildman–Crippen LogP) is 3.34. The second-order valence-electron chi connectivity index (χ2n) is 3.62. The molecule has 0 heterocycles. The lowest BCUT2D eigenvalue weighted by Crippen LogP contribution is -2.12. The largest absolute Gasteiger partial charge is 0.320 e. The normalized spacial score (nSPS) is 12.7. The number of nitrogens with one attached hydrogen (secondary N) is 1. The molecule has 0 spiro atoms. The van der Waals surface area contributed by atoms with Crippen molar-refractivity contribution < 1.29 is 4.39 Å². The first-order chi connectivity index (χ1) is 7.27. The average Bonchev–Trinajstić information content (AvgIpc) is 2.25. The van der Waals surface area contributed by atoms with Gasteiger partial charge < -0.3 is 5.32 Å². The second-order valence-corrected chi connectivity index (χ2v) is 4.70. The van der Waals surface area contributed by atoms with Gasteiger partial charge in [0, 0.05) is 4.43 Å². The van der Waals surface area contributed by atoms with Crippen molar-refractivity contribution in [2.45, 2.75) is 18.8 Å². The lowest BCUT2D eigenvalue weighted by molar-refractivity contribution is 0.583. The highest BCUT2D eigenvalue weighted by Gasteiger charge is 2.10. The van der Waals surface area contributed by atoms with Gasteiger partial charge in [0.1, 0.15) is 5.82 Å². The molecular weight excluding hydrogens is 304 g/mol. The van der Waals surface area contributed by atoms with Crippen molar-refractivity contribution in [1.29, 1.82) is 0 Å². The molecule has 84 valence electrons. The first kappa shape index (κ1) is 12.9. The van der Waals surface area contributed by atoms with E-state index in [0.29, 0.717) is 5.92 Å². The third-order valence-electron chi connectivity index (χ3n) is 2.54. The predicted molar refractivity (Wildman–Crippen MR) is 71.2 cm³/mol. The van der Waals surface area contributed by atoms with Gasteiger partial charge in [0.05, 0.1) is 0 Å². The number of hydrogen-bond donors (Lipinski definition) is 1. The molecule has 1 aromatic rings. The molecule has 15 heavy (non-hydrogen) atoms. The fourth-order valence-electron chi connectivity index (χ4n) is 1.66. The molecule has 0 aromatic heterocycles. The van der Waals surface area contributed by atoms with Crippen LogP contribution in [-0.4, -0.2) is 18.0 Å². The van der Waals surface area contributed by atoms with E-state index in [1.807, 2.05) is 19.2 Å². The van der Waals surface area contributed by atoms with Gasteiger partial charge in [-0.15, -0.1) is 0 Å². The molecule has 1 aromatic carbocycles. The summed E-state index contributed by atoms with van der Waals surface area (Å²) in [6.45, 7) is 1.01. The minimum atomic E-state index is -0.152. The fourth-order valence-corrected chi connectivity index (χ4v) is 2.41. The summed E-state index contributed by atoms with van der Waals surface area (Å²) in [5.74, 6) is 0.399. The van der Waals surface area contributed by atoms with E-state index in [0.717, 1.165) is 23.8 Å². The number of halogens is 2. The van der Waals surface area contributed by atoms with Crippen molar-refractivity contribution in [2.24, 2.45) is 0 Å². The van der Waals surface area contributed by atoms with Crippen LogP contribution in [0.5, 0.6) is 0 Å². The van der Waals surface area contributed by atoms with Gasteiger partial charge in [0.15, 0.2) is 0 Å². The van der Waals surface area contributed by atoms with Crippen LogP contribution in [0.3, 0.4) is 0 Å². The van der Waals surface area contributed by atoms with Crippen LogP contribution in [0.25, 0.3) is 0 Å². The molecule has 0 aliphatic heterocycles. The zero-order chi connectivity index (χ0) is 11.1. The topological polar surface area (TPSA) is 12.0 Å². The second kappa shape index (κ2) is 7.17. The molecule has 0 fully saturated rings. The summed E-state index contributed by atoms with van der Waals surface area (Å²) in [6.07, 6.45) is 2.28. The fraction of sp³-hybridized carbons (Fsp3) is 0.500. The Kier molecular flexibility index (Phi) is 6.17. The van der Waals surface area contributed by atoms with E-state index in [2.05, 4.69) is 27.9 Å². The van der Waals surface area contributed by atoms with Gasteiger partial charge >= 0.3 is 0 Å². The Morgan fingerprint density at radius 2 is 1.93 bits per heavy atom. The van der Waals surface area contributed by atoms with Gasteiger partial charge in [0.2, 0.25) is 0 Å². The molecule has 0 radical (unpaired) electrons. The lowest BCUT2D eigenvalue weighted by atomic mass is 9.93. The van der Waals surface area contributed by atoms with E-state index in [4.69, 9.17) is 0 Å². The average molecular weight is 321 g/mol. The molecule has 1 rings (SSSR count). The molecule has 0 saturated heterocycles. The number of alkyl halides is 1. The summed E-state index contributed by atoms with van der Waals surface area (Å²) in [5.41, 5.74) is 1.25. The number of hydrogen-bond acceptors (Lipinski definition) is 1. The van der Waals surface area contributed by atoms with Crippen molar-refractivity contribution in [3.63, 3.8) is 0 Å². The van der Waals surface area contributed by atoms with Gasteiger partial charge in [0.25, 0.3) is 0 Å². The van der Waals surface area contributed by atoms with Gasteiger partial charge in [-0.3, -0.25) is 0 Å². The molecule has 0 amide bonds. The molecule has 1 N–H and O–H groups in total. The third kappa shape index (κ3) is 4.47. The summed E-state index contributed by atoms with van der Waals surface area (Å²) in [7, 11) is 1.96. The molecule has 0 aliphatic carbocycles. The quantitative estimate of drug-likeness (QED) is 0.626. The van der Waals surface area contributed by atoms with Crippen LogP contribution in [0.2, 0.25) is 0 Å². The standard InChI is InChI=1S/C12H17FIN/c1-15-9-7-11(6-8-14)10-2-4-12(13)5-3-10/h2-5,11,15H,6-9H2,1H3. The summed E-state index contributed by atoms with van der Waals surface area (Å²) in [6, 6.07) is 6.91. The maximum absolute atomic E-state index is 12.8. The molecule has 0 saturated carbocycles. The molecule has 3 heteroatoms. The molecule has 0 bridgehead atoms. The van der Waals surface area contributed by atoms with Crippen molar-refractivity contribution in [1.82, 2.24) is 5.32 Å². The summed E-state index contributed by atoms with van der Waals surface area (Å²) >= 11 is 2.39. The summed E-state index contributed by atoms with van der Waals surface area (Å²) in [4.78, 5) is 0. The maximum Gasteiger partial charge on any atom is 0.123 e. The van der Waals surface area contributed by atoms with Crippen LogP contribution in [-0.2, 0) is 0 Å². The molecule has 1 unspecified atom stereocenters. The molecule has 1 atom stereocenters. The summed E-state index contributed by atoms with van der Waals surface area (Å²) in [5, 5.41) is 3.16. The Balaban J connectivity index is 2.65. The first-order valence-corrected chi connectivity index (χ1v) is 6.76. The van der Waals surface area contributed by atoms with E-state index in [1.54, 1.807) is 12.1 Å². The van der Waals surface area contributed by atoms with Gasteiger partial charge in [-0.05, 0) is 50.0 Å². The highest BCUT2D eigenvalue weighted by atomic mass is 127. The highest BCUT2D eigenvalue weighted by Crippen LogP contribution is 2.24. The SMILES string of the molecule is CNCCC(CCI)c1ccc(F)cc1. The Morgan fingerprint density at radius 3 is 2.47 bits per heavy atom. The highest BCUT2D eigenvalue weighted by molar-refractivity contribution is 14.1. The Hall–Kier alpha value is -0.160. The zero-order valence-electron chi connectivity index (χ0n) is 8.97. The third-order valence-corrected chi connectivity index (χ3v) is 3.16. The van der Waals surface area contributed by atoms with Crippen LogP contribution < -0.4 is 5.32 Å². The van der Waals surface area contributed by atoms with Crippen molar-refractivity contribution in [2.75, 3.05) is 18.0 Å². The maximum atomic E-state index is 12.8. The van der Waals surface area contributed by atoms with E-state index in [1.165, 1.54) is 5.56 Å². The number of rotatable bonds is 6. The monoisotopic (exact) mass is 321 g/mol. The van der Waals surface area contributed by atoms with Crippen LogP contribution in [0, 0.1) is 5.82 Å². The van der Waals surface area contributed by atoms with E-state index in [9.17, 15) is 4.39 Å². The minimum absolute atomic E-state index is 0.152. The van der Waals surface area contributed by atoms with E-state index in [-0.39, 0.29) is 5.82 Å². The lowest BCUT2D eigenvalue weighted by Gasteiger charge is -2.15. The first-order valence-electron chi connectivity index (χ1n) is 5.24. The van der Waals surface area contributed by atoms with Crippen LogP contribution in [0.4, 0.5) is 4.39 Å². The molecule has 0 aliphatic rings. The van der Waals surface area contributed by atoms with Gasteiger partial charge in [-0.1, -0.05) is 34.7 Å².